The summed E-state index contributed by atoms with van der Waals surface area (Å²) in [6.45, 7) is 9.85. The summed E-state index contributed by atoms with van der Waals surface area (Å²) in [4.78, 5) is 19.7. The van der Waals surface area contributed by atoms with Crippen LogP contribution in [0.5, 0.6) is 0 Å². The summed E-state index contributed by atoms with van der Waals surface area (Å²) in [7, 11) is -0.615. The lowest BCUT2D eigenvalue weighted by molar-refractivity contribution is 0.00578. The third-order valence-corrected chi connectivity index (χ3v) is 3.63. The fraction of sp³-hybridized carbons (Fsp3) is 0.615. The minimum Gasteiger partial charge on any atom is -0.460 e. The predicted molar refractivity (Wildman–Crippen MR) is 73.7 cm³/mol. The van der Waals surface area contributed by atoms with Gasteiger partial charge in [0.1, 0.15) is 0 Å². The molecular formula is C13H19BN2O4. The van der Waals surface area contributed by atoms with Crippen molar-refractivity contribution in [2.75, 3.05) is 6.61 Å². The zero-order valence-electron chi connectivity index (χ0n) is 12.5. The highest BCUT2D eigenvalue weighted by atomic mass is 16.7. The van der Waals surface area contributed by atoms with E-state index < -0.39 is 24.3 Å². The van der Waals surface area contributed by atoms with Gasteiger partial charge in [-0.1, -0.05) is 0 Å². The highest BCUT2D eigenvalue weighted by Gasteiger charge is 2.52. The first-order chi connectivity index (χ1) is 9.27. The SMILES string of the molecule is CCOC(=O)c1nccc(B2OC(C)(C)C(C)(C)O2)n1. The molecular weight excluding hydrogens is 259 g/mol. The second-order valence-electron chi connectivity index (χ2n) is 5.61. The van der Waals surface area contributed by atoms with Gasteiger partial charge in [-0.15, -0.1) is 0 Å². The molecule has 7 heteroatoms. The van der Waals surface area contributed by atoms with E-state index in [0.717, 1.165) is 0 Å². The molecule has 1 aromatic heterocycles. The molecule has 0 aromatic carbocycles. The molecule has 0 spiro atoms. The van der Waals surface area contributed by atoms with Crippen molar-refractivity contribution in [2.45, 2.75) is 45.8 Å². The molecule has 1 fully saturated rings. The Labute approximate surface area is 119 Å². The monoisotopic (exact) mass is 278 g/mol. The van der Waals surface area contributed by atoms with Crippen molar-refractivity contribution in [3.8, 4) is 0 Å². The molecule has 6 nitrogen and oxygen atoms in total. The molecule has 2 rings (SSSR count). The minimum atomic E-state index is -0.615. The van der Waals surface area contributed by atoms with Crippen LogP contribution < -0.4 is 5.59 Å². The number of hydrogen-bond donors (Lipinski definition) is 0. The van der Waals surface area contributed by atoms with Crippen molar-refractivity contribution in [1.29, 1.82) is 0 Å². The van der Waals surface area contributed by atoms with Crippen LogP contribution in [0.15, 0.2) is 12.3 Å². The number of nitrogens with zero attached hydrogens (tertiary/aromatic N) is 2. The van der Waals surface area contributed by atoms with E-state index >= 15 is 0 Å². The summed E-state index contributed by atoms with van der Waals surface area (Å²) in [6.07, 6.45) is 1.50. The number of hydrogen-bond acceptors (Lipinski definition) is 6. The van der Waals surface area contributed by atoms with Crippen LogP contribution in [-0.4, -0.2) is 40.9 Å². The number of carbonyl (C=O) groups is 1. The summed E-state index contributed by atoms with van der Waals surface area (Å²) in [5.41, 5.74) is -0.388. The van der Waals surface area contributed by atoms with E-state index in [1.807, 2.05) is 27.7 Å². The topological polar surface area (TPSA) is 70.5 Å². The van der Waals surface area contributed by atoms with E-state index in [9.17, 15) is 4.79 Å². The van der Waals surface area contributed by atoms with Crippen LogP contribution in [0.25, 0.3) is 0 Å². The summed E-state index contributed by atoms with van der Waals surface area (Å²) in [5, 5.41) is 0. The van der Waals surface area contributed by atoms with Gasteiger partial charge in [0.25, 0.3) is 0 Å². The Morgan fingerprint density at radius 2 is 1.90 bits per heavy atom. The molecule has 0 saturated carbocycles. The third kappa shape index (κ3) is 2.69. The molecule has 0 bridgehead atoms. The Morgan fingerprint density at radius 3 is 2.45 bits per heavy atom. The molecule has 0 N–H and O–H groups in total. The molecule has 0 atom stereocenters. The maximum atomic E-state index is 11.6. The van der Waals surface area contributed by atoms with Gasteiger partial charge >= 0.3 is 13.1 Å². The molecule has 2 heterocycles. The quantitative estimate of drug-likeness (QED) is 0.605. The Hall–Kier alpha value is -1.47. The molecule has 1 aromatic rings. The van der Waals surface area contributed by atoms with E-state index in [1.54, 1.807) is 13.0 Å². The zero-order chi connectivity index (χ0) is 15.0. The van der Waals surface area contributed by atoms with Gasteiger partial charge in [-0.2, -0.15) is 0 Å². The van der Waals surface area contributed by atoms with Crippen LogP contribution in [0.3, 0.4) is 0 Å². The molecule has 1 saturated heterocycles. The maximum absolute atomic E-state index is 11.6. The Morgan fingerprint density at radius 1 is 1.30 bits per heavy atom. The fourth-order valence-electron chi connectivity index (χ4n) is 1.76. The fourth-order valence-corrected chi connectivity index (χ4v) is 1.76. The lowest BCUT2D eigenvalue weighted by Crippen LogP contribution is -2.41. The van der Waals surface area contributed by atoms with Gasteiger partial charge in [-0.05, 0) is 40.7 Å². The number of esters is 1. The van der Waals surface area contributed by atoms with Gasteiger partial charge in [0.05, 0.1) is 23.4 Å². The number of ether oxygens (including phenoxy) is 1. The Balaban J connectivity index is 2.23. The van der Waals surface area contributed by atoms with Gasteiger partial charge < -0.3 is 14.0 Å². The average Bonchev–Trinajstić information content (AvgIpc) is 2.59. The van der Waals surface area contributed by atoms with Crippen LogP contribution in [0, 0.1) is 0 Å². The molecule has 108 valence electrons. The zero-order valence-corrected chi connectivity index (χ0v) is 12.5. The van der Waals surface area contributed by atoms with E-state index in [-0.39, 0.29) is 12.4 Å². The van der Waals surface area contributed by atoms with E-state index in [0.29, 0.717) is 5.59 Å². The third-order valence-electron chi connectivity index (χ3n) is 3.63. The number of aromatic nitrogens is 2. The van der Waals surface area contributed by atoms with Crippen LogP contribution in [-0.2, 0) is 14.0 Å². The first-order valence-corrected chi connectivity index (χ1v) is 6.62. The normalized spacial score (nSPS) is 19.9. The first-order valence-electron chi connectivity index (χ1n) is 6.62. The highest BCUT2D eigenvalue weighted by molar-refractivity contribution is 6.61. The van der Waals surface area contributed by atoms with Crippen molar-refractivity contribution in [3.05, 3.63) is 18.1 Å². The second kappa shape index (κ2) is 5.14. The predicted octanol–water partition coefficient (Wildman–Crippen LogP) is 0.953. The van der Waals surface area contributed by atoms with Gasteiger partial charge in [-0.3, -0.25) is 0 Å². The van der Waals surface area contributed by atoms with Gasteiger partial charge in [0, 0.05) is 6.20 Å². The van der Waals surface area contributed by atoms with E-state index in [1.165, 1.54) is 6.20 Å². The standard InChI is InChI=1S/C13H19BN2O4/c1-6-18-11(17)10-15-8-7-9(16-10)14-19-12(2,3)13(4,5)20-14/h7-8H,6H2,1-5H3. The molecule has 0 unspecified atom stereocenters. The number of rotatable bonds is 3. The Kier molecular flexibility index (Phi) is 3.84. The van der Waals surface area contributed by atoms with Crippen molar-refractivity contribution >= 4 is 18.7 Å². The summed E-state index contributed by atoms with van der Waals surface area (Å²) in [6, 6.07) is 1.67. The highest BCUT2D eigenvalue weighted by Crippen LogP contribution is 2.36. The van der Waals surface area contributed by atoms with Crippen LogP contribution in [0.2, 0.25) is 0 Å². The van der Waals surface area contributed by atoms with Crippen molar-refractivity contribution < 1.29 is 18.8 Å². The van der Waals surface area contributed by atoms with Gasteiger partial charge in [0.15, 0.2) is 0 Å². The molecule has 0 radical (unpaired) electrons. The summed E-state index contributed by atoms with van der Waals surface area (Å²) >= 11 is 0. The summed E-state index contributed by atoms with van der Waals surface area (Å²) in [5.74, 6) is -0.537. The lowest BCUT2D eigenvalue weighted by Gasteiger charge is -2.32. The largest absolute Gasteiger partial charge is 0.514 e. The maximum Gasteiger partial charge on any atom is 0.514 e. The average molecular weight is 278 g/mol. The van der Waals surface area contributed by atoms with Gasteiger partial charge in [0.2, 0.25) is 5.82 Å². The van der Waals surface area contributed by atoms with Crippen molar-refractivity contribution in [2.24, 2.45) is 0 Å². The molecule has 1 aliphatic rings. The minimum absolute atomic E-state index is 0.0130. The van der Waals surface area contributed by atoms with Crippen LogP contribution in [0.4, 0.5) is 0 Å². The van der Waals surface area contributed by atoms with Crippen LogP contribution >= 0.6 is 0 Å². The van der Waals surface area contributed by atoms with Gasteiger partial charge in [-0.25, -0.2) is 14.8 Å². The molecule has 0 aliphatic carbocycles. The van der Waals surface area contributed by atoms with Crippen molar-refractivity contribution in [3.63, 3.8) is 0 Å². The molecule has 20 heavy (non-hydrogen) atoms. The smallest absolute Gasteiger partial charge is 0.460 e. The lowest BCUT2D eigenvalue weighted by atomic mass is 9.84. The second-order valence-corrected chi connectivity index (χ2v) is 5.61. The number of carbonyl (C=O) groups excluding carboxylic acids is 1. The first kappa shape index (κ1) is 14.9. The van der Waals surface area contributed by atoms with E-state index in [4.69, 9.17) is 14.0 Å². The summed E-state index contributed by atoms with van der Waals surface area (Å²) < 4.78 is 16.6. The molecule has 0 amide bonds. The van der Waals surface area contributed by atoms with E-state index in [2.05, 4.69) is 9.97 Å². The van der Waals surface area contributed by atoms with Crippen molar-refractivity contribution in [1.82, 2.24) is 9.97 Å². The molecule has 1 aliphatic heterocycles. The van der Waals surface area contributed by atoms with Crippen LogP contribution in [0.1, 0.15) is 45.2 Å². The Bertz CT molecular complexity index is 503.